The van der Waals surface area contributed by atoms with Gasteiger partial charge in [0.25, 0.3) is 0 Å². The number of benzene rings is 1. The van der Waals surface area contributed by atoms with Crippen molar-refractivity contribution < 1.29 is 14.3 Å². The van der Waals surface area contributed by atoms with Gasteiger partial charge in [0, 0.05) is 6.54 Å². The highest BCUT2D eigenvalue weighted by Crippen LogP contribution is 2.38. The molecular formula is C18H24N2O3S. The fraction of sp³-hybridized carbons (Fsp3) is 0.556. The maximum absolute atomic E-state index is 12.2. The van der Waals surface area contributed by atoms with Crippen molar-refractivity contribution in [2.45, 2.75) is 24.6 Å². The SMILES string of the molecule is COC(=O)c1ccc(C2SCC(=O)N2CCCN2CCCC2)cc1. The van der Waals surface area contributed by atoms with E-state index in [0.29, 0.717) is 11.3 Å². The summed E-state index contributed by atoms with van der Waals surface area (Å²) in [5.41, 5.74) is 1.61. The van der Waals surface area contributed by atoms with Crippen molar-refractivity contribution in [2.24, 2.45) is 0 Å². The Morgan fingerprint density at radius 3 is 2.58 bits per heavy atom. The van der Waals surface area contributed by atoms with Crippen LogP contribution in [0.2, 0.25) is 0 Å². The molecule has 1 atom stereocenters. The molecule has 1 amide bonds. The number of ether oxygens (including phenoxy) is 1. The number of amides is 1. The molecule has 1 aromatic carbocycles. The monoisotopic (exact) mass is 348 g/mol. The van der Waals surface area contributed by atoms with Crippen LogP contribution in [0.4, 0.5) is 0 Å². The van der Waals surface area contributed by atoms with Crippen LogP contribution in [0.3, 0.4) is 0 Å². The second-order valence-corrected chi connectivity index (χ2v) is 7.33. The van der Waals surface area contributed by atoms with Crippen molar-refractivity contribution in [3.05, 3.63) is 35.4 Å². The number of hydrogen-bond donors (Lipinski definition) is 0. The van der Waals surface area contributed by atoms with Crippen LogP contribution >= 0.6 is 11.8 Å². The molecule has 0 spiro atoms. The standard InChI is InChI=1S/C18H24N2O3S/c1-23-18(22)15-7-5-14(6-8-15)17-20(16(21)13-24-17)12-4-11-19-9-2-3-10-19/h5-8,17H,2-4,9-13H2,1H3. The van der Waals surface area contributed by atoms with E-state index >= 15 is 0 Å². The fourth-order valence-electron chi connectivity index (χ4n) is 3.34. The zero-order valence-corrected chi connectivity index (χ0v) is 14.9. The van der Waals surface area contributed by atoms with Gasteiger partial charge < -0.3 is 14.5 Å². The third kappa shape index (κ3) is 3.92. The van der Waals surface area contributed by atoms with Gasteiger partial charge in [0.1, 0.15) is 5.37 Å². The topological polar surface area (TPSA) is 49.9 Å². The lowest BCUT2D eigenvalue weighted by Gasteiger charge is -2.25. The summed E-state index contributed by atoms with van der Waals surface area (Å²) >= 11 is 1.66. The molecule has 1 unspecified atom stereocenters. The molecule has 0 N–H and O–H groups in total. The van der Waals surface area contributed by atoms with Gasteiger partial charge in [-0.1, -0.05) is 12.1 Å². The molecule has 3 rings (SSSR count). The summed E-state index contributed by atoms with van der Waals surface area (Å²) in [4.78, 5) is 28.2. The second-order valence-electron chi connectivity index (χ2n) is 6.27. The Morgan fingerprint density at radius 1 is 1.21 bits per heavy atom. The van der Waals surface area contributed by atoms with Crippen molar-refractivity contribution >= 4 is 23.6 Å². The van der Waals surface area contributed by atoms with Crippen LogP contribution in [-0.4, -0.2) is 60.7 Å². The van der Waals surface area contributed by atoms with Crippen molar-refractivity contribution in [3.8, 4) is 0 Å². The number of esters is 1. The molecular weight excluding hydrogens is 324 g/mol. The molecule has 24 heavy (non-hydrogen) atoms. The minimum atomic E-state index is -0.334. The van der Waals surface area contributed by atoms with Gasteiger partial charge in [0.15, 0.2) is 0 Å². The largest absolute Gasteiger partial charge is 0.465 e. The molecule has 2 aliphatic heterocycles. The van der Waals surface area contributed by atoms with Crippen LogP contribution in [0.1, 0.15) is 40.6 Å². The summed E-state index contributed by atoms with van der Waals surface area (Å²) in [6.07, 6.45) is 3.62. The van der Waals surface area contributed by atoms with Gasteiger partial charge in [-0.25, -0.2) is 4.79 Å². The Labute approximate surface area is 147 Å². The Morgan fingerprint density at radius 2 is 1.92 bits per heavy atom. The summed E-state index contributed by atoms with van der Waals surface area (Å²) in [5.74, 6) is 0.412. The predicted molar refractivity (Wildman–Crippen MR) is 95.0 cm³/mol. The summed E-state index contributed by atoms with van der Waals surface area (Å²) in [6, 6.07) is 7.39. The van der Waals surface area contributed by atoms with E-state index in [1.807, 2.05) is 17.0 Å². The number of thioether (sulfide) groups is 1. The molecule has 0 bridgehead atoms. The van der Waals surface area contributed by atoms with Crippen LogP contribution in [-0.2, 0) is 9.53 Å². The third-order valence-electron chi connectivity index (χ3n) is 4.66. The van der Waals surface area contributed by atoms with Crippen LogP contribution in [0.25, 0.3) is 0 Å². The quantitative estimate of drug-likeness (QED) is 0.740. The Bertz CT molecular complexity index is 584. The summed E-state index contributed by atoms with van der Waals surface area (Å²) < 4.78 is 4.73. The maximum atomic E-state index is 12.2. The van der Waals surface area contributed by atoms with Gasteiger partial charge in [-0.2, -0.15) is 0 Å². The minimum absolute atomic E-state index is 0.0581. The summed E-state index contributed by atoms with van der Waals surface area (Å²) in [5, 5.41) is 0.0581. The minimum Gasteiger partial charge on any atom is -0.465 e. The van der Waals surface area contributed by atoms with Crippen molar-refractivity contribution in [2.75, 3.05) is 39.0 Å². The molecule has 0 aliphatic carbocycles. The molecule has 0 aromatic heterocycles. The summed E-state index contributed by atoms with van der Waals surface area (Å²) in [6.45, 7) is 4.26. The highest BCUT2D eigenvalue weighted by atomic mass is 32.2. The number of carbonyl (C=O) groups excluding carboxylic acids is 2. The van der Waals surface area contributed by atoms with Crippen molar-refractivity contribution in [3.63, 3.8) is 0 Å². The zero-order valence-electron chi connectivity index (χ0n) is 14.1. The first-order chi connectivity index (χ1) is 11.7. The first-order valence-corrected chi connectivity index (χ1v) is 9.55. The fourth-order valence-corrected chi connectivity index (χ4v) is 4.56. The highest BCUT2D eigenvalue weighted by molar-refractivity contribution is 8.00. The average Bonchev–Trinajstić information content (AvgIpc) is 3.25. The van der Waals surface area contributed by atoms with E-state index in [2.05, 4.69) is 4.90 Å². The van der Waals surface area contributed by atoms with E-state index in [1.165, 1.54) is 33.0 Å². The molecule has 2 saturated heterocycles. The van der Waals surface area contributed by atoms with Gasteiger partial charge in [0.2, 0.25) is 5.91 Å². The van der Waals surface area contributed by atoms with Crippen LogP contribution in [0.5, 0.6) is 0 Å². The molecule has 5 nitrogen and oxygen atoms in total. The first-order valence-electron chi connectivity index (χ1n) is 8.51. The number of nitrogens with zero attached hydrogens (tertiary/aromatic N) is 2. The smallest absolute Gasteiger partial charge is 0.337 e. The summed E-state index contributed by atoms with van der Waals surface area (Å²) in [7, 11) is 1.38. The molecule has 6 heteroatoms. The number of rotatable bonds is 6. The lowest BCUT2D eigenvalue weighted by Crippen LogP contribution is -2.32. The molecule has 130 valence electrons. The molecule has 2 aliphatic rings. The van der Waals surface area contributed by atoms with Crippen LogP contribution in [0, 0.1) is 0 Å². The molecule has 0 radical (unpaired) electrons. The molecule has 2 fully saturated rings. The van der Waals surface area contributed by atoms with Gasteiger partial charge in [-0.15, -0.1) is 11.8 Å². The molecule has 1 aromatic rings. The van der Waals surface area contributed by atoms with Gasteiger partial charge in [-0.05, 0) is 56.6 Å². The lowest BCUT2D eigenvalue weighted by atomic mass is 10.1. The molecule has 0 saturated carbocycles. The van der Waals surface area contributed by atoms with E-state index in [-0.39, 0.29) is 17.3 Å². The van der Waals surface area contributed by atoms with Crippen molar-refractivity contribution in [1.29, 1.82) is 0 Å². The van der Waals surface area contributed by atoms with Crippen LogP contribution in [0.15, 0.2) is 24.3 Å². The third-order valence-corrected chi connectivity index (χ3v) is 5.91. The normalized spacial score (nSPS) is 21.5. The Kier molecular flexibility index (Phi) is 5.79. The second kappa shape index (κ2) is 8.03. The van der Waals surface area contributed by atoms with E-state index in [1.54, 1.807) is 23.9 Å². The van der Waals surface area contributed by atoms with E-state index in [9.17, 15) is 9.59 Å². The first kappa shape index (κ1) is 17.3. The van der Waals surface area contributed by atoms with Gasteiger partial charge in [-0.3, -0.25) is 4.79 Å². The van der Waals surface area contributed by atoms with E-state index < -0.39 is 0 Å². The van der Waals surface area contributed by atoms with Crippen molar-refractivity contribution in [1.82, 2.24) is 9.80 Å². The van der Waals surface area contributed by atoms with E-state index in [0.717, 1.165) is 25.1 Å². The Hall–Kier alpha value is -1.53. The van der Waals surface area contributed by atoms with Crippen LogP contribution < -0.4 is 0 Å². The predicted octanol–water partition coefficient (Wildman–Crippen LogP) is 2.53. The van der Waals surface area contributed by atoms with E-state index in [4.69, 9.17) is 4.74 Å². The molecule has 2 heterocycles. The number of methoxy groups -OCH3 is 1. The Balaban J connectivity index is 1.60. The van der Waals surface area contributed by atoms with Gasteiger partial charge >= 0.3 is 5.97 Å². The number of likely N-dealkylation sites (tertiary alicyclic amines) is 1. The number of carbonyl (C=O) groups is 2. The van der Waals surface area contributed by atoms with Gasteiger partial charge in [0.05, 0.1) is 18.4 Å². The average molecular weight is 348 g/mol. The highest BCUT2D eigenvalue weighted by Gasteiger charge is 2.32. The maximum Gasteiger partial charge on any atom is 0.337 e. The zero-order chi connectivity index (χ0) is 16.9. The number of hydrogen-bond acceptors (Lipinski definition) is 5. The lowest BCUT2D eigenvalue weighted by molar-refractivity contribution is -0.128.